The fraction of sp³-hybridized carbons (Fsp3) is 1.00. The molecule has 0 bridgehead atoms. The number of hydrogen-bond donors (Lipinski definition) is 0. The Morgan fingerprint density at radius 1 is 0.294 bits per heavy atom. The highest BCUT2D eigenvalue weighted by molar-refractivity contribution is 4.41. The third-order valence-corrected chi connectivity index (χ3v) is 3.16. The van der Waals surface area contributed by atoms with E-state index in [-0.39, 0.29) is 0 Å². The maximum Gasteiger partial charge on any atom is -0.0533 e. The van der Waals surface area contributed by atoms with Crippen LogP contribution in [0.15, 0.2) is 0 Å². The Kier molecular flexibility index (Phi) is 24.2. The number of unbranched alkanes of at least 4 members (excludes halogenated alkanes) is 11. The molecule has 0 aromatic rings. The lowest BCUT2D eigenvalue weighted by atomic mass is 10.1. The average molecular weight is 242 g/mol. The van der Waals surface area contributed by atoms with E-state index in [0.717, 1.165) is 0 Å². The molecule has 0 atom stereocenters. The molecule has 0 heteroatoms. The Labute approximate surface area is 112 Å². The van der Waals surface area contributed by atoms with E-state index in [1.54, 1.807) is 0 Å². The third-order valence-electron chi connectivity index (χ3n) is 3.16. The number of rotatable bonds is 11. The zero-order chi connectivity index (χ0) is 13.2. The molecule has 0 radical (unpaired) electrons. The van der Waals surface area contributed by atoms with Gasteiger partial charge in [-0.05, 0) is 0 Å². The summed E-state index contributed by atoms with van der Waals surface area (Å²) < 4.78 is 0. The maximum absolute atomic E-state index is 2.26. The lowest BCUT2D eigenvalue weighted by Gasteiger charge is -1.96. The van der Waals surface area contributed by atoms with Gasteiger partial charge in [0.25, 0.3) is 0 Å². The Morgan fingerprint density at radius 2 is 0.471 bits per heavy atom. The van der Waals surface area contributed by atoms with Crippen molar-refractivity contribution in [3.8, 4) is 0 Å². The second-order valence-corrected chi connectivity index (χ2v) is 5.18. The van der Waals surface area contributed by atoms with Crippen molar-refractivity contribution in [2.75, 3.05) is 0 Å². The zero-order valence-corrected chi connectivity index (χ0v) is 13.2. The van der Waals surface area contributed by atoms with Crippen LogP contribution in [0.3, 0.4) is 0 Å². The van der Waals surface area contributed by atoms with Gasteiger partial charge in [-0.2, -0.15) is 0 Å². The van der Waals surface area contributed by atoms with Gasteiger partial charge >= 0.3 is 0 Å². The normalized spacial score (nSPS) is 9.88. The van der Waals surface area contributed by atoms with E-state index >= 15 is 0 Å². The monoisotopic (exact) mass is 242 g/mol. The molecule has 0 spiro atoms. The average Bonchev–Trinajstić information content (AvgIpc) is 2.36. The summed E-state index contributed by atoms with van der Waals surface area (Å²) in [5.74, 6) is 0. The summed E-state index contributed by atoms with van der Waals surface area (Å²) in [5, 5.41) is 0. The lowest BCUT2D eigenvalue weighted by molar-refractivity contribution is 0.602. The van der Waals surface area contributed by atoms with Crippen molar-refractivity contribution in [2.45, 2.75) is 111 Å². The van der Waals surface area contributed by atoms with Crippen molar-refractivity contribution < 1.29 is 0 Å². The molecule has 0 saturated carbocycles. The molecule has 0 heterocycles. The predicted molar refractivity (Wildman–Crippen MR) is 82.7 cm³/mol. The van der Waals surface area contributed by atoms with Gasteiger partial charge in [0.1, 0.15) is 0 Å². The van der Waals surface area contributed by atoms with Crippen molar-refractivity contribution in [1.29, 1.82) is 0 Å². The first kappa shape index (κ1) is 19.3. The van der Waals surface area contributed by atoms with Crippen molar-refractivity contribution in [2.24, 2.45) is 0 Å². The molecule has 0 fully saturated rings. The van der Waals surface area contributed by atoms with Crippen LogP contribution in [0.25, 0.3) is 0 Å². The molecule has 0 N–H and O–H groups in total. The fourth-order valence-corrected chi connectivity index (χ4v) is 1.88. The molecular weight excluding hydrogens is 204 g/mol. The molecule has 0 aromatic heterocycles. The van der Waals surface area contributed by atoms with Gasteiger partial charge in [0.15, 0.2) is 0 Å². The lowest BCUT2D eigenvalue weighted by Crippen LogP contribution is -1.76. The first-order valence-corrected chi connectivity index (χ1v) is 8.33. The highest BCUT2D eigenvalue weighted by Crippen LogP contribution is 2.05. The smallest absolute Gasteiger partial charge is 0.0533 e. The van der Waals surface area contributed by atoms with E-state index in [9.17, 15) is 0 Å². The van der Waals surface area contributed by atoms with Gasteiger partial charge < -0.3 is 0 Å². The minimum atomic E-state index is 1.36. The van der Waals surface area contributed by atoms with E-state index in [4.69, 9.17) is 0 Å². The Bertz CT molecular complexity index is 84.2. The summed E-state index contributed by atoms with van der Waals surface area (Å²) in [4.78, 5) is 0. The summed E-state index contributed by atoms with van der Waals surface area (Å²) in [6.07, 6.45) is 18.5. The van der Waals surface area contributed by atoms with E-state index < -0.39 is 0 Å². The Balaban J connectivity index is 0. The molecule has 106 valence electrons. The topological polar surface area (TPSA) is 0 Å². The number of hydrogen-bond acceptors (Lipinski definition) is 0. The van der Waals surface area contributed by atoms with Crippen LogP contribution in [-0.2, 0) is 0 Å². The van der Waals surface area contributed by atoms with Gasteiger partial charge in [-0.25, -0.2) is 0 Å². The highest BCUT2D eigenvalue weighted by Gasteiger charge is 1.86. The van der Waals surface area contributed by atoms with Crippen LogP contribution >= 0.6 is 0 Å². The van der Waals surface area contributed by atoms with Gasteiger partial charge in [0.05, 0.1) is 0 Å². The zero-order valence-electron chi connectivity index (χ0n) is 13.2. The summed E-state index contributed by atoms with van der Waals surface area (Å²) in [6, 6.07) is 0. The highest BCUT2D eigenvalue weighted by atomic mass is 13.9. The van der Waals surface area contributed by atoms with Crippen LogP contribution < -0.4 is 0 Å². The summed E-state index contributed by atoms with van der Waals surface area (Å²) >= 11 is 0. The minimum absolute atomic E-state index is 1.36. The van der Waals surface area contributed by atoms with E-state index in [0.29, 0.717) is 0 Å². The molecule has 0 aliphatic rings. The summed E-state index contributed by atoms with van der Waals surface area (Å²) in [6.45, 7) is 9.04. The van der Waals surface area contributed by atoms with Gasteiger partial charge in [-0.3, -0.25) is 0 Å². The summed E-state index contributed by atoms with van der Waals surface area (Å²) in [7, 11) is 0. The van der Waals surface area contributed by atoms with E-state index in [2.05, 4.69) is 27.7 Å². The third kappa shape index (κ3) is 25.9. The van der Waals surface area contributed by atoms with E-state index in [1.165, 1.54) is 83.5 Å². The molecule has 0 saturated heterocycles. The van der Waals surface area contributed by atoms with Crippen molar-refractivity contribution in [3.05, 3.63) is 0 Å². The van der Waals surface area contributed by atoms with Gasteiger partial charge in [-0.15, -0.1) is 0 Å². The summed E-state index contributed by atoms with van der Waals surface area (Å²) in [5.41, 5.74) is 0. The van der Waals surface area contributed by atoms with Crippen molar-refractivity contribution in [3.63, 3.8) is 0 Å². The van der Waals surface area contributed by atoms with Crippen molar-refractivity contribution in [1.82, 2.24) is 0 Å². The molecule has 0 amide bonds. The molecule has 0 aliphatic carbocycles. The maximum atomic E-state index is 2.26. The SMILES string of the molecule is CCCCCCCC.CCCCCCCCC. The molecule has 0 aliphatic heterocycles. The molecule has 0 unspecified atom stereocenters. The van der Waals surface area contributed by atoms with Gasteiger partial charge in [0, 0.05) is 0 Å². The Hall–Kier alpha value is 0. The standard InChI is InChI=1S/C9H20.C8H18/c1-3-5-7-9-8-6-4-2;1-3-5-7-8-6-4-2/h3-9H2,1-2H3;3-8H2,1-2H3. The van der Waals surface area contributed by atoms with E-state index in [1.807, 2.05) is 0 Å². The molecule has 0 aromatic carbocycles. The second kappa shape index (κ2) is 21.3. The Morgan fingerprint density at radius 3 is 0.647 bits per heavy atom. The largest absolute Gasteiger partial charge is 0.0654 e. The molecular formula is C17H38. The fourth-order valence-electron chi connectivity index (χ4n) is 1.88. The molecule has 17 heavy (non-hydrogen) atoms. The minimum Gasteiger partial charge on any atom is -0.0654 e. The predicted octanol–water partition coefficient (Wildman–Crippen LogP) is 7.12. The van der Waals surface area contributed by atoms with Crippen molar-refractivity contribution >= 4 is 0 Å². The van der Waals surface area contributed by atoms with Crippen LogP contribution in [0.1, 0.15) is 111 Å². The van der Waals surface area contributed by atoms with Crippen LogP contribution in [-0.4, -0.2) is 0 Å². The second-order valence-electron chi connectivity index (χ2n) is 5.18. The van der Waals surface area contributed by atoms with Gasteiger partial charge in [0.2, 0.25) is 0 Å². The first-order valence-electron chi connectivity index (χ1n) is 8.33. The molecule has 0 nitrogen and oxygen atoms in total. The molecule has 0 rings (SSSR count). The van der Waals surface area contributed by atoms with Crippen LogP contribution in [0.2, 0.25) is 0 Å². The van der Waals surface area contributed by atoms with Crippen LogP contribution in [0.5, 0.6) is 0 Å². The van der Waals surface area contributed by atoms with Crippen LogP contribution in [0, 0.1) is 0 Å². The quantitative estimate of drug-likeness (QED) is 0.338. The van der Waals surface area contributed by atoms with Gasteiger partial charge in [-0.1, -0.05) is 111 Å². The van der Waals surface area contributed by atoms with Crippen LogP contribution in [0.4, 0.5) is 0 Å². The first-order chi connectivity index (χ1) is 8.33.